The summed E-state index contributed by atoms with van der Waals surface area (Å²) in [6.45, 7) is 6.15. The van der Waals surface area contributed by atoms with Crippen molar-refractivity contribution in [2.75, 3.05) is 0 Å². The molecule has 0 radical (unpaired) electrons. The Morgan fingerprint density at radius 2 is 2.18 bits per heavy atom. The third kappa shape index (κ3) is 2.74. The number of hydrogen-bond acceptors (Lipinski definition) is 2. The number of aryl methyl sites for hydroxylation is 2. The molecule has 1 fully saturated rings. The SMILES string of the molecule is CCC1CCCC(C(O)c2cc(C)oc2C)C1. The van der Waals surface area contributed by atoms with E-state index in [1.807, 2.05) is 19.9 Å². The van der Waals surface area contributed by atoms with E-state index in [4.69, 9.17) is 4.42 Å². The largest absolute Gasteiger partial charge is 0.466 e. The molecule has 2 rings (SSSR count). The highest BCUT2D eigenvalue weighted by molar-refractivity contribution is 5.23. The Kier molecular flexibility index (Phi) is 3.93. The van der Waals surface area contributed by atoms with Gasteiger partial charge in [-0.25, -0.2) is 0 Å². The standard InChI is InChI=1S/C15H24O2/c1-4-12-6-5-7-13(9-12)15(16)14-8-10(2)17-11(14)3/h8,12-13,15-16H,4-7,9H2,1-3H3. The van der Waals surface area contributed by atoms with E-state index in [1.165, 1.54) is 25.7 Å². The molecule has 1 aliphatic rings. The van der Waals surface area contributed by atoms with Gasteiger partial charge >= 0.3 is 0 Å². The first kappa shape index (κ1) is 12.7. The lowest BCUT2D eigenvalue weighted by Gasteiger charge is -2.31. The van der Waals surface area contributed by atoms with Gasteiger partial charge in [0, 0.05) is 5.56 Å². The van der Waals surface area contributed by atoms with Crippen molar-refractivity contribution < 1.29 is 9.52 Å². The molecule has 0 bridgehead atoms. The van der Waals surface area contributed by atoms with Crippen LogP contribution in [0.4, 0.5) is 0 Å². The van der Waals surface area contributed by atoms with Crippen LogP contribution in [0, 0.1) is 25.7 Å². The van der Waals surface area contributed by atoms with Gasteiger partial charge < -0.3 is 9.52 Å². The Morgan fingerprint density at radius 3 is 2.76 bits per heavy atom. The van der Waals surface area contributed by atoms with Crippen LogP contribution in [0.25, 0.3) is 0 Å². The molecular formula is C15H24O2. The normalized spacial score (nSPS) is 27.1. The van der Waals surface area contributed by atoms with Gasteiger partial charge in [-0.1, -0.05) is 26.2 Å². The number of hydrogen-bond donors (Lipinski definition) is 1. The quantitative estimate of drug-likeness (QED) is 0.855. The minimum atomic E-state index is -0.332. The zero-order valence-corrected chi connectivity index (χ0v) is 11.2. The van der Waals surface area contributed by atoms with Gasteiger partial charge in [0.25, 0.3) is 0 Å². The van der Waals surface area contributed by atoms with Crippen LogP contribution in [0.15, 0.2) is 10.5 Å². The van der Waals surface area contributed by atoms with Crippen LogP contribution in [0.1, 0.15) is 62.2 Å². The Morgan fingerprint density at radius 1 is 1.41 bits per heavy atom. The van der Waals surface area contributed by atoms with Gasteiger partial charge in [-0.15, -0.1) is 0 Å². The van der Waals surface area contributed by atoms with E-state index >= 15 is 0 Å². The molecule has 1 aromatic heterocycles. The van der Waals surface area contributed by atoms with Crippen molar-refractivity contribution in [2.45, 2.75) is 59.0 Å². The molecule has 1 saturated carbocycles. The van der Waals surface area contributed by atoms with Crippen molar-refractivity contribution in [2.24, 2.45) is 11.8 Å². The summed E-state index contributed by atoms with van der Waals surface area (Å²) in [6.07, 6.45) is 5.83. The van der Waals surface area contributed by atoms with E-state index in [0.717, 1.165) is 29.4 Å². The van der Waals surface area contributed by atoms with Crippen molar-refractivity contribution in [1.29, 1.82) is 0 Å². The summed E-state index contributed by atoms with van der Waals surface area (Å²) in [6, 6.07) is 2.00. The number of furan rings is 1. The lowest BCUT2D eigenvalue weighted by molar-refractivity contribution is 0.0667. The van der Waals surface area contributed by atoms with Crippen LogP contribution in [0.5, 0.6) is 0 Å². The molecular weight excluding hydrogens is 212 g/mol. The Balaban J connectivity index is 2.08. The zero-order chi connectivity index (χ0) is 12.4. The maximum absolute atomic E-state index is 10.5. The van der Waals surface area contributed by atoms with E-state index < -0.39 is 0 Å². The summed E-state index contributed by atoms with van der Waals surface area (Å²) >= 11 is 0. The van der Waals surface area contributed by atoms with Crippen LogP contribution in [-0.4, -0.2) is 5.11 Å². The minimum Gasteiger partial charge on any atom is -0.466 e. The van der Waals surface area contributed by atoms with Gasteiger partial charge in [0.15, 0.2) is 0 Å². The molecule has 96 valence electrons. The Hall–Kier alpha value is -0.760. The van der Waals surface area contributed by atoms with Crippen molar-refractivity contribution in [3.63, 3.8) is 0 Å². The fourth-order valence-corrected chi connectivity index (χ4v) is 3.19. The number of aliphatic hydroxyl groups excluding tert-OH is 1. The summed E-state index contributed by atoms with van der Waals surface area (Å²) in [5.74, 6) is 3.01. The molecule has 0 spiro atoms. The molecule has 0 aliphatic heterocycles. The molecule has 3 unspecified atom stereocenters. The average molecular weight is 236 g/mol. The van der Waals surface area contributed by atoms with E-state index in [2.05, 4.69) is 6.92 Å². The molecule has 2 heteroatoms. The summed E-state index contributed by atoms with van der Waals surface area (Å²) in [4.78, 5) is 0. The fourth-order valence-electron chi connectivity index (χ4n) is 3.19. The van der Waals surface area contributed by atoms with E-state index in [9.17, 15) is 5.11 Å². The maximum atomic E-state index is 10.5. The molecule has 1 aliphatic carbocycles. The highest BCUT2D eigenvalue weighted by Gasteiger charge is 2.29. The van der Waals surface area contributed by atoms with E-state index in [1.54, 1.807) is 0 Å². The second-order valence-corrected chi connectivity index (χ2v) is 5.51. The van der Waals surface area contributed by atoms with E-state index in [0.29, 0.717) is 5.92 Å². The first-order valence-electron chi connectivity index (χ1n) is 6.86. The summed E-state index contributed by atoms with van der Waals surface area (Å²) in [5.41, 5.74) is 1.00. The molecule has 1 aromatic rings. The van der Waals surface area contributed by atoms with Gasteiger partial charge in [-0.3, -0.25) is 0 Å². The summed E-state index contributed by atoms with van der Waals surface area (Å²) in [5, 5.41) is 10.5. The van der Waals surface area contributed by atoms with Gasteiger partial charge in [-0.05, 0) is 44.6 Å². The minimum absolute atomic E-state index is 0.332. The first-order chi connectivity index (χ1) is 8.11. The first-order valence-corrected chi connectivity index (χ1v) is 6.86. The lowest BCUT2D eigenvalue weighted by atomic mass is 9.76. The predicted molar refractivity (Wildman–Crippen MR) is 68.9 cm³/mol. The van der Waals surface area contributed by atoms with Gasteiger partial charge in [-0.2, -0.15) is 0 Å². The smallest absolute Gasteiger partial charge is 0.106 e. The Bertz CT molecular complexity index is 367. The average Bonchev–Trinajstić information content (AvgIpc) is 2.67. The molecule has 17 heavy (non-hydrogen) atoms. The number of rotatable bonds is 3. The lowest BCUT2D eigenvalue weighted by Crippen LogP contribution is -2.21. The Labute approximate surface area is 104 Å². The highest BCUT2D eigenvalue weighted by Crippen LogP contribution is 2.39. The van der Waals surface area contributed by atoms with Crippen LogP contribution < -0.4 is 0 Å². The maximum Gasteiger partial charge on any atom is 0.106 e. The highest BCUT2D eigenvalue weighted by atomic mass is 16.3. The molecule has 1 N–H and O–H groups in total. The van der Waals surface area contributed by atoms with Crippen LogP contribution in [-0.2, 0) is 0 Å². The third-order valence-electron chi connectivity index (χ3n) is 4.25. The predicted octanol–water partition coefficient (Wildman–Crippen LogP) is 4.15. The van der Waals surface area contributed by atoms with Crippen LogP contribution >= 0.6 is 0 Å². The molecule has 3 atom stereocenters. The fraction of sp³-hybridized carbons (Fsp3) is 0.733. The second kappa shape index (κ2) is 5.26. The van der Waals surface area contributed by atoms with E-state index in [-0.39, 0.29) is 6.10 Å². The van der Waals surface area contributed by atoms with Crippen LogP contribution in [0.2, 0.25) is 0 Å². The molecule has 0 amide bonds. The topological polar surface area (TPSA) is 33.4 Å². The summed E-state index contributed by atoms with van der Waals surface area (Å²) < 4.78 is 5.52. The van der Waals surface area contributed by atoms with Gasteiger partial charge in [0.1, 0.15) is 11.5 Å². The molecule has 1 heterocycles. The van der Waals surface area contributed by atoms with Crippen molar-refractivity contribution >= 4 is 0 Å². The molecule has 0 aromatic carbocycles. The van der Waals surface area contributed by atoms with Crippen molar-refractivity contribution in [3.05, 3.63) is 23.2 Å². The van der Waals surface area contributed by atoms with Gasteiger partial charge in [0.2, 0.25) is 0 Å². The summed E-state index contributed by atoms with van der Waals surface area (Å²) in [7, 11) is 0. The second-order valence-electron chi connectivity index (χ2n) is 5.51. The third-order valence-corrected chi connectivity index (χ3v) is 4.25. The van der Waals surface area contributed by atoms with Crippen molar-refractivity contribution in [1.82, 2.24) is 0 Å². The molecule has 0 saturated heterocycles. The monoisotopic (exact) mass is 236 g/mol. The van der Waals surface area contributed by atoms with Crippen molar-refractivity contribution in [3.8, 4) is 0 Å². The number of aliphatic hydroxyl groups is 1. The van der Waals surface area contributed by atoms with Crippen LogP contribution in [0.3, 0.4) is 0 Å². The van der Waals surface area contributed by atoms with Gasteiger partial charge in [0.05, 0.1) is 6.10 Å². The molecule has 2 nitrogen and oxygen atoms in total. The zero-order valence-electron chi connectivity index (χ0n) is 11.2.